The number of hydrogen-bond acceptors (Lipinski definition) is 6. The fraction of sp³-hybridized carbons (Fsp3) is 0.364. The van der Waals surface area contributed by atoms with E-state index in [0.717, 1.165) is 0 Å². The minimum Gasteiger partial charge on any atom is -0.503 e. The summed E-state index contributed by atoms with van der Waals surface area (Å²) in [4.78, 5) is 28.0. The Bertz CT molecular complexity index is 904. The number of aliphatic hydroxyl groups excluding tert-OH is 1. The number of nitrogens with zero attached hydrogens (tertiary/aromatic N) is 1. The lowest BCUT2D eigenvalue weighted by Gasteiger charge is -2.27. The Morgan fingerprint density at radius 3 is 2.72 bits per heavy atom. The van der Waals surface area contributed by atoms with Crippen LogP contribution in [-0.4, -0.2) is 48.1 Å². The molecule has 0 spiro atoms. The number of thiophene rings is 1. The molecule has 1 atom stereocenters. The zero-order valence-electron chi connectivity index (χ0n) is 16.8. The van der Waals surface area contributed by atoms with Gasteiger partial charge >= 0.3 is 0 Å². The third-order valence-corrected chi connectivity index (χ3v) is 5.57. The van der Waals surface area contributed by atoms with Gasteiger partial charge in [0.2, 0.25) is 5.78 Å². The van der Waals surface area contributed by atoms with Gasteiger partial charge in [0.15, 0.2) is 5.76 Å². The van der Waals surface area contributed by atoms with E-state index in [1.54, 1.807) is 42.8 Å². The molecule has 154 valence electrons. The number of hydrogen-bond donors (Lipinski definition) is 1. The fourth-order valence-corrected chi connectivity index (χ4v) is 4.05. The number of benzene rings is 1. The molecule has 1 N–H and O–H groups in total. The molecule has 3 rings (SSSR count). The van der Waals surface area contributed by atoms with E-state index in [1.165, 1.54) is 16.2 Å². The molecule has 2 heterocycles. The Kier molecular flexibility index (Phi) is 6.71. The second kappa shape index (κ2) is 9.24. The van der Waals surface area contributed by atoms with Gasteiger partial charge in [-0.05, 0) is 49.4 Å². The molecular formula is C22H25NO5S. The number of methoxy groups -OCH3 is 1. The van der Waals surface area contributed by atoms with Gasteiger partial charge in [0, 0.05) is 13.2 Å². The van der Waals surface area contributed by atoms with Crippen LogP contribution in [0.15, 0.2) is 53.1 Å². The Balaban J connectivity index is 1.96. The molecule has 29 heavy (non-hydrogen) atoms. The highest BCUT2D eigenvalue weighted by atomic mass is 32.1. The molecule has 2 aromatic rings. The molecule has 0 bridgehead atoms. The highest BCUT2D eigenvalue weighted by Crippen LogP contribution is 2.40. The van der Waals surface area contributed by atoms with Crippen molar-refractivity contribution in [3.63, 3.8) is 0 Å². The van der Waals surface area contributed by atoms with Crippen LogP contribution in [0.25, 0.3) is 0 Å². The summed E-state index contributed by atoms with van der Waals surface area (Å²) in [5, 5.41) is 12.4. The maximum atomic E-state index is 13.1. The van der Waals surface area contributed by atoms with Crippen LogP contribution in [0.4, 0.5) is 0 Å². The van der Waals surface area contributed by atoms with Crippen molar-refractivity contribution in [1.82, 2.24) is 4.90 Å². The van der Waals surface area contributed by atoms with E-state index in [2.05, 4.69) is 0 Å². The maximum Gasteiger partial charge on any atom is 0.290 e. The number of aliphatic hydroxyl groups is 1. The van der Waals surface area contributed by atoms with Crippen molar-refractivity contribution < 1.29 is 24.2 Å². The first-order chi connectivity index (χ1) is 13.9. The molecule has 0 saturated heterocycles. The van der Waals surface area contributed by atoms with Crippen molar-refractivity contribution in [2.75, 3.05) is 20.3 Å². The predicted molar refractivity (Wildman–Crippen MR) is 111 cm³/mol. The van der Waals surface area contributed by atoms with E-state index in [4.69, 9.17) is 9.47 Å². The van der Waals surface area contributed by atoms with Crippen molar-refractivity contribution >= 4 is 23.0 Å². The van der Waals surface area contributed by atoms with Crippen LogP contribution in [0.1, 0.15) is 41.5 Å². The average molecular weight is 416 g/mol. The molecule has 7 heteroatoms. The lowest BCUT2D eigenvalue weighted by Crippen LogP contribution is -2.32. The van der Waals surface area contributed by atoms with Crippen LogP contribution in [0.3, 0.4) is 0 Å². The van der Waals surface area contributed by atoms with Crippen LogP contribution in [0.5, 0.6) is 5.75 Å². The number of ether oxygens (including phenoxy) is 2. The monoisotopic (exact) mass is 415 g/mol. The number of carbonyl (C=O) groups is 2. The predicted octanol–water partition coefficient (Wildman–Crippen LogP) is 4.15. The second-order valence-corrected chi connectivity index (χ2v) is 7.97. The quantitative estimate of drug-likeness (QED) is 0.492. The van der Waals surface area contributed by atoms with E-state index in [9.17, 15) is 14.7 Å². The van der Waals surface area contributed by atoms with Crippen LogP contribution < -0.4 is 4.74 Å². The molecule has 0 unspecified atom stereocenters. The van der Waals surface area contributed by atoms with Crippen LogP contribution in [0.2, 0.25) is 0 Å². The summed E-state index contributed by atoms with van der Waals surface area (Å²) in [6, 6.07) is 10.0. The van der Waals surface area contributed by atoms with Gasteiger partial charge in [-0.25, -0.2) is 0 Å². The second-order valence-electron chi connectivity index (χ2n) is 7.02. The normalized spacial score (nSPS) is 16.8. The van der Waals surface area contributed by atoms with Gasteiger partial charge in [0.05, 0.1) is 29.7 Å². The molecule has 1 amide bonds. The number of carbonyl (C=O) groups excluding carboxylic acids is 2. The van der Waals surface area contributed by atoms with E-state index in [1.807, 2.05) is 19.9 Å². The number of rotatable bonds is 9. The molecule has 0 aliphatic carbocycles. The van der Waals surface area contributed by atoms with Crippen LogP contribution in [-0.2, 0) is 9.53 Å². The van der Waals surface area contributed by atoms with E-state index in [0.29, 0.717) is 35.8 Å². The first kappa shape index (κ1) is 21.1. The minimum absolute atomic E-state index is 0.0981. The molecule has 1 aromatic heterocycles. The Morgan fingerprint density at radius 2 is 2.07 bits per heavy atom. The molecule has 0 fully saturated rings. The minimum atomic E-state index is -0.675. The SMILES string of the molecule is COc1cccc([C@H]2C(C(=O)c3cccs3)=C(O)C(=O)N2CCCOC(C)C)c1. The topological polar surface area (TPSA) is 76.1 Å². The third kappa shape index (κ3) is 4.52. The standard InChI is InChI=1S/C22H25NO5S/c1-14(2)28-11-6-10-23-19(15-7-4-8-16(13-15)27-3)18(21(25)22(23)26)20(24)17-9-5-12-29-17/h4-5,7-9,12-14,19,25H,6,10-11H2,1-3H3/t19-/m0/s1. The fourth-order valence-electron chi connectivity index (χ4n) is 3.37. The smallest absolute Gasteiger partial charge is 0.290 e. The maximum absolute atomic E-state index is 13.1. The van der Waals surface area contributed by atoms with Crippen LogP contribution >= 0.6 is 11.3 Å². The van der Waals surface area contributed by atoms with Gasteiger partial charge in [-0.2, -0.15) is 0 Å². The Morgan fingerprint density at radius 1 is 1.28 bits per heavy atom. The van der Waals surface area contributed by atoms with Crippen molar-refractivity contribution in [2.24, 2.45) is 0 Å². The lowest BCUT2D eigenvalue weighted by molar-refractivity contribution is -0.129. The highest BCUT2D eigenvalue weighted by Gasteiger charge is 2.43. The summed E-state index contributed by atoms with van der Waals surface area (Å²) >= 11 is 1.28. The molecule has 0 radical (unpaired) electrons. The zero-order valence-corrected chi connectivity index (χ0v) is 17.6. The molecule has 1 aliphatic heterocycles. The summed E-state index contributed by atoms with van der Waals surface area (Å²) in [5.41, 5.74) is 0.821. The summed E-state index contributed by atoms with van der Waals surface area (Å²) in [7, 11) is 1.56. The van der Waals surface area contributed by atoms with Gasteiger partial charge in [-0.3, -0.25) is 9.59 Å². The number of amides is 1. The van der Waals surface area contributed by atoms with Gasteiger partial charge in [0.25, 0.3) is 5.91 Å². The first-order valence-corrected chi connectivity index (χ1v) is 10.4. The highest BCUT2D eigenvalue weighted by molar-refractivity contribution is 7.12. The van der Waals surface area contributed by atoms with Crippen molar-refractivity contribution in [3.8, 4) is 5.75 Å². The largest absolute Gasteiger partial charge is 0.503 e. The van der Waals surface area contributed by atoms with E-state index >= 15 is 0 Å². The molecule has 1 aromatic carbocycles. The van der Waals surface area contributed by atoms with Gasteiger partial charge in [0.1, 0.15) is 5.75 Å². The van der Waals surface area contributed by atoms with E-state index in [-0.39, 0.29) is 17.5 Å². The third-order valence-electron chi connectivity index (χ3n) is 4.70. The summed E-state index contributed by atoms with van der Waals surface area (Å²) in [5.74, 6) is -0.741. The molecule has 0 saturated carbocycles. The zero-order chi connectivity index (χ0) is 21.0. The number of Topliss-reactive ketones (excluding diaryl/α,β-unsaturated/α-hetero) is 1. The van der Waals surface area contributed by atoms with Crippen molar-refractivity contribution in [2.45, 2.75) is 32.4 Å². The van der Waals surface area contributed by atoms with Crippen molar-refractivity contribution in [3.05, 3.63) is 63.6 Å². The summed E-state index contributed by atoms with van der Waals surface area (Å²) in [6.07, 6.45) is 0.693. The average Bonchev–Trinajstić information content (AvgIpc) is 3.33. The van der Waals surface area contributed by atoms with Crippen molar-refractivity contribution in [1.29, 1.82) is 0 Å². The number of ketones is 1. The molecular weight excluding hydrogens is 390 g/mol. The van der Waals surface area contributed by atoms with Gasteiger partial charge < -0.3 is 19.5 Å². The molecule has 6 nitrogen and oxygen atoms in total. The summed E-state index contributed by atoms with van der Waals surface area (Å²) < 4.78 is 10.9. The van der Waals surface area contributed by atoms with Gasteiger partial charge in [-0.1, -0.05) is 18.2 Å². The summed E-state index contributed by atoms with van der Waals surface area (Å²) in [6.45, 7) is 4.75. The van der Waals surface area contributed by atoms with Gasteiger partial charge in [-0.15, -0.1) is 11.3 Å². The van der Waals surface area contributed by atoms with Crippen LogP contribution in [0, 0.1) is 0 Å². The lowest BCUT2D eigenvalue weighted by atomic mass is 9.95. The van der Waals surface area contributed by atoms with E-state index < -0.39 is 17.7 Å². The molecule has 1 aliphatic rings. The first-order valence-electron chi connectivity index (χ1n) is 9.52. The Labute approximate surface area is 174 Å². The Hall–Kier alpha value is -2.64.